The third-order valence-corrected chi connectivity index (χ3v) is 4.73. The van der Waals surface area contributed by atoms with Crippen LogP contribution in [0.5, 0.6) is 11.5 Å². The van der Waals surface area contributed by atoms with E-state index in [1.165, 1.54) is 5.56 Å². The van der Waals surface area contributed by atoms with Crippen LogP contribution in [0, 0.1) is 6.92 Å². The number of nitrogens with one attached hydrogen (secondary N) is 1. The molecule has 0 unspecified atom stereocenters. The van der Waals surface area contributed by atoms with Crippen LogP contribution in [0.2, 0.25) is 0 Å². The van der Waals surface area contributed by atoms with Crippen LogP contribution in [0.3, 0.4) is 0 Å². The van der Waals surface area contributed by atoms with Crippen molar-refractivity contribution >= 4 is 22.9 Å². The highest BCUT2D eigenvalue weighted by Gasteiger charge is 2.09. The molecule has 1 aromatic heterocycles. The van der Waals surface area contributed by atoms with Gasteiger partial charge in [0.1, 0.15) is 11.5 Å². The number of fused-ring (bicyclic) bond motifs is 1. The summed E-state index contributed by atoms with van der Waals surface area (Å²) in [4.78, 5) is 9.43. The summed E-state index contributed by atoms with van der Waals surface area (Å²) < 4.78 is 10.7. The van der Waals surface area contributed by atoms with Crippen LogP contribution < -0.4 is 14.9 Å². The summed E-state index contributed by atoms with van der Waals surface area (Å²) >= 11 is 0. The Hall–Kier alpha value is -3.93. The second-order valence-corrected chi connectivity index (χ2v) is 6.76. The maximum absolute atomic E-state index is 5.42. The maximum atomic E-state index is 5.42. The van der Waals surface area contributed by atoms with Gasteiger partial charge in [0.25, 0.3) is 0 Å². The topological polar surface area (TPSA) is 68.6 Å². The lowest BCUT2D eigenvalue weighted by Crippen LogP contribution is -2.00. The Bertz CT molecular complexity index is 1200. The lowest BCUT2D eigenvalue weighted by Gasteiger charge is -2.09. The maximum Gasteiger partial charge on any atom is 0.162 e. The van der Waals surface area contributed by atoms with Gasteiger partial charge in [-0.05, 0) is 31.2 Å². The lowest BCUT2D eigenvalue weighted by molar-refractivity contribution is 0.394. The average molecular weight is 398 g/mol. The van der Waals surface area contributed by atoms with Gasteiger partial charge in [0.05, 0.1) is 26.0 Å². The van der Waals surface area contributed by atoms with Gasteiger partial charge in [-0.15, -0.1) is 0 Å². The van der Waals surface area contributed by atoms with Gasteiger partial charge in [-0.1, -0.05) is 42.0 Å². The molecule has 6 nitrogen and oxygen atoms in total. The van der Waals surface area contributed by atoms with Crippen molar-refractivity contribution in [3.63, 3.8) is 0 Å². The summed E-state index contributed by atoms with van der Waals surface area (Å²) in [5.41, 5.74) is 6.89. The third kappa shape index (κ3) is 4.07. The number of hydrogen-bond acceptors (Lipinski definition) is 6. The Morgan fingerprint density at radius 3 is 2.47 bits per heavy atom. The molecule has 0 fully saturated rings. The predicted octanol–water partition coefficient (Wildman–Crippen LogP) is 5.07. The number of ether oxygens (including phenoxy) is 2. The molecule has 0 spiro atoms. The Morgan fingerprint density at radius 1 is 0.900 bits per heavy atom. The monoisotopic (exact) mass is 398 g/mol. The van der Waals surface area contributed by atoms with E-state index < -0.39 is 0 Å². The largest absolute Gasteiger partial charge is 0.497 e. The van der Waals surface area contributed by atoms with Crippen LogP contribution >= 0.6 is 0 Å². The first-order valence-electron chi connectivity index (χ1n) is 9.53. The summed E-state index contributed by atoms with van der Waals surface area (Å²) in [6, 6.07) is 21.6. The molecule has 150 valence electrons. The summed E-state index contributed by atoms with van der Waals surface area (Å²) in [5.74, 6) is 2.68. The number of rotatable bonds is 6. The Balaban J connectivity index is 1.68. The molecule has 0 amide bonds. The Morgan fingerprint density at radius 2 is 1.70 bits per heavy atom. The van der Waals surface area contributed by atoms with Crippen LogP contribution in [0.15, 0.2) is 71.8 Å². The molecule has 0 saturated carbocycles. The van der Waals surface area contributed by atoms with Gasteiger partial charge >= 0.3 is 0 Å². The van der Waals surface area contributed by atoms with Crippen LogP contribution in [0.1, 0.15) is 11.1 Å². The first kappa shape index (κ1) is 19.4. The molecule has 0 aliphatic carbocycles. The number of hydrazone groups is 1. The summed E-state index contributed by atoms with van der Waals surface area (Å²) in [6.45, 7) is 2.06. The van der Waals surface area contributed by atoms with Gasteiger partial charge in [-0.2, -0.15) is 5.10 Å². The molecule has 6 heteroatoms. The van der Waals surface area contributed by atoms with Crippen LogP contribution in [-0.4, -0.2) is 30.4 Å². The molecule has 0 radical (unpaired) electrons. The zero-order valence-corrected chi connectivity index (χ0v) is 17.1. The van der Waals surface area contributed by atoms with Crippen molar-refractivity contribution in [2.24, 2.45) is 5.10 Å². The number of aromatic nitrogens is 2. The second kappa shape index (κ2) is 8.61. The van der Waals surface area contributed by atoms with Crippen molar-refractivity contribution in [1.29, 1.82) is 0 Å². The van der Waals surface area contributed by atoms with E-state index in [0.717, 1.165) is 27.8 Å². The first-order valence-corrected chi connectivity index (χ1v) is 9.53. The molecule has 0 saturated heterocycles. The fraction of sp³-hybridized carbons (Fsp3) is 0.125. The van der Waals surface area contributed by atoms with Gasteiger partial charge in [0.15, 0.2) is 11.6 Å². The molecular weight excluding hydrogens is 376 g/mol. The standard InChI is InChI=1S/C24H22N4O2/c1-16-8-10-17(11-9-16)23-26-21-7-5-4-6-20(21)24(27-23)28-25-15-18-12-13-19(29-2)14-22(18)30-3/h4-15H,1-3H3,(H,26,27,28). The number of aryl methyl sites for hydroxylation is 1. The highest BCUT2D eigenvalue weighted by atomic mass is 16.5. The summed E-state index contributed by atoms with van der Waals surface area (Å²) in [7, 11) is 3.24. The normalized spacial score (nSPS) is 11.0. The van der Waals surface area contributed by atoms with E-state index in [-0.39, 0.29) is 0 Å². The number of para-hydroxylation sites is 1. The minimum atomic E-state index is 0.639. The van der Waals surface area contributed by atoms with Crippen LogP contribution in [0.4, 0.5) is 5.82 Å². The van der Waals surface area contributed by atoms with E-state index in [9.17, 15) is 0 Å². The lowest BCUT2D eigenvalue weighted by atomic mass is 10.1. The summed E-state index contributed by atoms with van der Waals surface area (Å²) in [6.07, 6.45) is 1.70. The molecule has 0 bridgehead atoms. The quantitative estimate of drug-likeness (QED) is 0.363. The van der Waals surface area contributed by atoms with E-state index in [4.69, 9.17) is 19.4 Å². The third-order valence-electron chi connectivity index (χ3n) is 4.73. The van der Waals surface area contributed by atoms with Gasteiger partial charge in [-0.25, -0.2) is 9.97 Å². The number of nitrogens with zero attached hydrogens (tertiary/aromatic N) is 3. The molecule has 1 N–H and O–H groups in total. The molecule has 0 atom stereocenters. The molecule has 4 rings (SSSR count). The van der Waals surface area contributed by atoms with E-state index in [1.54, 1.807) is 20.4 Å². The van der Waals surface area contributed by atoms with Crippen molar-refractivity contribution in [3.05, 3.63) is 77.9 Å². The molecule has 3 aromatic carbocycles. The highest BCUT2D eigenvalue weighted by molar-refractivity contribution is 5.91. The van der Waals surface area contributed by atoms with Crippen LogP contribution in [-0.2, 0) is 0 Å². The molecular formula is C24H22N4O2. The molecule has 1 heterocycles. The van der Waals surface area contributed by atoms with Crippen molar-refractivity contribution in [1.82, 2.24) is 9.97 Å². The SMILES string of the molecule is COc1ccc(C=NNc2nc(-c3ccc(C)cc3)nc3ccccc23)c(OC)c1. The average Bonchev–Trinajstić information content (AvgIpc) is 2.79. The smallest absolute Gasteiger partial charge is 0.162 e. The van der Waals surface area contributed by atoms with Gasteiger partial charge in [0, 0.05) is 22.6 Å². The fourth-order valence-electron chi connectivity index (χ4n) is 3.08. The molecule has 4 aromatic rings. The van der Waals surface area contributed by atoms with E-state index in [0.29, 0.717) is 17.4 Å². The molecule has 0 aliphatic rings. The van der Waals surface area contributed by atoms with Crippen molar-refractivity contribution in [2.45, 2.75) is 6.92 Å². The minimum absolute atomic E-state index is 0.639. The van der Waals surface area contributed by atoms with E-state index in [2.05, 4.69) is 29.6 Å². The Labute approximate surface area is 175 Å². The predicted molar refractivity (Wildman–Crippen MR) is 120 cm³/mol. The number of anilines is 1. The summed E-state index contributed by atoms with van der Waals surface area (Å²) in [5, 5.41) is 5.28. The molecule has 0 aliphatic heterocycles. The number of hydrogen-bond donors (Lipinski definition) is 1. The highest BCUT2D eigenvalue weighted by Crippen LogP contribution is 2.26. The van der Waals surface area contributed by atoms with Crippen molar-refractivity contribution in [3.8, 4) is 22.9 Å². The zero-order valence-electron chi connectivity index (χ0n) is 17.1. The zero-order chi connectivity index (χ0) is 20.9. The number of benzene rings is 3. The van der Waals surface area contributed by atoms with Crippen molar-refractivity contribution < 1.29 is 9.47 Å². The van der Waals surface area contributed by atoms with Crippen LogP contribution in [0.25, 0.3) is 22.3 Å². The first-order chi connectivity index (χ1) is 14.7. The number of methoxy groups -OCH3 is 2. The second-order valence-electron chi connectivity index (χ2n) is 6.76. The fourth-order valence-corrected chi connectivity index (χ4v) is 3.08. The van der Waals surface area contributed by atoms with Crippen molar-refractivity contribution in [2.75, 3.05) is 19.6 Å². The van der Waals surface area contributed by atoms with E-state index >= 15 is 0 Å². The van der Waals surface area contributed by atoms with Gasteiger partial charge in [0.2, 0.25) is 0 Å². The van der Waals surface area contributed by atoms with E-state index in [1.807, 2.05) is 54.6 Å². The minimum Gasteiger partial charge on any atom is -0.497 e. The Kier molecular flexibility index (Phi) is 5.57. The molecule has 30 heavy (non-hydrogen) atoms. The van der Waals surface area contributed by atoms with Gasteiger partial charge < -0.3 is 9.47 Å². The van der Waals surface area contributed by atoms with Gasteiger partial charge in [-0.3, -0.25) is 5.43 Å².